The number of aromatic nitrogens is 9. The van der Waals surface area contributed by atoms with Gasteiger partial charge in [-0.05, 0) is 131 Å². The lowest BCUT2D eigenvalue weighted by atomic mass is 9.83. The second kappa shape index (κ2) is 14.2. The fourth-order valence-electron chi connectivity index (χ4n) is 10.7. The molecule has 3 aromatic carbocycles. The summed E-state index contributed by atoms with van der Waals surface area (Å²) in [6.45, 7) is 10.6. The van der Waals surface area contributed by atoms with Crippen molar-refractivity contribution in [2.45, 2.75) is 89.8 Å². The van der Waals surface area contributed by atoms with Gasteiger partial charge < -0.3 is 14.2 Å². The number of aryl methyl sites for hydroxylation is 4. The summed E-state index contributed by atoms with van der Waals surface area (Å²) < 4.78 is 36.0. The number of nitrogens with zero attached hydrogens (tertiary/aromatic N) is 9. The van der Waals surface area contributed by atoms with Crippen molar-refractivity contribution in [3.05, 3.63) is 144 Å². The number of imidazole rings is 2. The number of hydrogen-bond acceptors (Lipinski definition) is 8. The molecule has 2 atom stereocenters. The minimum absolute atomic E-state index is 0.180. The number of fused-ring (bicyclic) bond motifs is 3. The summed E-state index contributed by atoms with van der Waals surface area (Å²) in [5.41, 5.74) is 5.58. The molecule has 1 N–H and O–H groups in total. The number of rotatable bonds is 7. The molecule has 0 unspecified atom stereocenters. The number of halogens is 1. The Morgan fingerprint density at radius 2 is 1.60 bits per heavy atom. The average molecular weight is 881 g/mol. The molecular formula is C48H49FN10O6. The summed E-state index contributed by atoms with van der Waals surface area (Å²) in [6, 6.07) is 16.6. The van der Waals surface area contributed by atoms with E-state index in [0.29, 0.717) is 89.0 Å². The van der Waals surface area contributed by atoms with Crippen LogP contribution in [-0.2, 0) is 30.8 Å². The van der Waals surface area contributed by atoms with E-state index in [9.17, 15) is 14.4 Å². The molecule has 11 rings (SSSR count). The number of carbonyl (C=O) groups excluding carboxylic acids is 1. The van der Waals surface area contributed by atoms with Crippen LogP contribution in [0.3, 0.4) is 0 Å². The Kier molecular flexibility index (Phi) is 8.93. The molecule has 65 heavy (non-hydrogen) atoms. The van der Waals surface area contributed by atoms with E-state index in [4.69, 9.17) is 14.4 Å². The second-order valence-corrected chi connectivity index (χ2v) is 18.8. The molecule has 2 fully saturated rings. The maximum Gasteiger partial charge on any atom is 0.438 e. The van der Waals surface area contributed by atoms with Crippen molar-refractivity contribution < 1.29 is 18.4 Å². The Balaban J connectivity index is 1.05. The molecule has 5 aromatic heterocycles. The number of hydrogen-bond donors (Lipinski definition) is 1. The van der Waals surface area contributed by atoms with Gasteiger partial charge in [-0.1, -0.05) is 11.2 Å². The van der Waals surface area contributed by atoms with Gasteiger partial charge in [-0.15, -0.1) is 0 Å². The highest BCUT2D eigenvalue weighted by Crippen LogP contribution is 2.51. The Bertz CT molecular complexity index is 3450. The van der Waals surface area contributed by atoms with Gasteiger partial charge in [-0.3, -0.25) is 32.6 Å². The van der Waals surface area contributed by atoms with E-state index in [1.807, 2.05) is 28.5 Å². The van der Waals surface area contributed by atoms with E-state index >= 15 is 9.18 Å². The summed E-state index contributed by atoms with van der Waals surface area (Å²) in [5.74, 6) is -0.147. The molecule has 334 valence electrons. The van der Waals surface area contributed by atoms with Crippen LogP contribution in [-0.4, -0.2) is 72.3 Å². The third-order valence-corrected chi connectivity index (χ3v) is 14.2. The SMILES string of the molecule is Cc1cc(-n2nc3c(c2-n2ccn(-c4ccc5c(c4)n(C)c(=O)n5C)c2=O)[C@H](C)N(C(=O)c2cc4cc([C@H]5CCOC(C)(C)C5)ccc4n2C2(c4noc(=O)[nH]4)CC2)CC3)cc(C)c1F. The third-order valence-electron chi connectivity index (χ3n) is 14.2. The maximum absolute atomic E-state index is 15.5. The lowest BCUT2D eigenvalue weighted by molar-refractivity contribution is -0.0592. The van der Waals surface area contributed by atoms with E-state index in [0.717, 1.165) is 29.3 Å². The monoisotopic (exact) mass is 880 g/mol. The molecule has 0 bridgehead atoms. The fourth-order valence-corrected chi connectivity index (χ4v) is 10.7. The smallest absolute Gasteiger partial charge is 0.376 e. The van der Waals surface area contributed by atoms with Crippen LogP contribution in [0.15, 0.2) is 85.9 Å². The summed E-state index contributed by atoms with van der Waals surface area (Å²) in [6.07, 6.45) is 6.75. The number of H-pyrrole nitrogens is 1. The van der Waals surface area contributed by atoms with E-state index in [-0.39, 0.29) is 28.9 Å². The predicted octanol–water partition coefficient (Wildman–Crippen LogP) is 6.36. The molecule has 0 spiro atoms. The van der Waals surface area contributed by atoms with Crippen LogP contribution in [0.1, 0.15) is 103 Å². The molecule has 1 aliphatic carbocycles. The Hall–Kier alpha value is -7.01. The predicted molar refractivity (Wildman–Crippen MR) is 240 cm³/mol. The van der Waals surface area contributed by atoms with E-state index in [1.165, 1.54) is 14.7 Å². The van der Waals surface area contributed by atoms with Crippen molar-refractivity contribution in [3.63, 3.8) is 0 Å². The quantitative estimate of drug-likeness (QED) is 0.193. The Labute approximate surface area is 371 Å². The fraction of sp³-hybridized carbons (Fsp3) is 0.375. The highest BCUT2D eigenvalue weighted by atomic mass is 19.1. The Morgan fingerprint density at radius 3 is 2.31 bits per heavy atom. The van der Waals surface area contributed by atoms with Crippen LogP contribution in [0.4, 0.5) is 4.39 Å². The van der Waals surface area contributed by atoms with Crippen LogP contribution in [0.5, 0.6) is 0 Å². The van der Waals surface area contributed by atoms with E-state index < -0.39 is 23.0 Å². The van der Waals surface area contributed by atoms with E-state index in [1.54, 1.807) is 78.4 Å². The first-order valence-electron chi connectivity index (χ1n) is 22.1. The zero-order valence-electron chi connectivity index (χ0n) is 37.3. The van der Waals surface area contributed by atoms with Crippen molar-refractivity contribution in [2.75, 3.05) is 13.2 Å². The molecule has 3 aliphatic rings. The van der Waals surface area contributed by atoms with Gasteiger partial charge in [-0.2, -0.15) is 5.10 Å². The first-order valence-corrected chi connectivity index (χ1v) is 22.1. The van der Waals surface area contributed by atoms with Crippen molar-refractivity contribution >= 4 is 27.8 Å². The van der Waals surface area contributed by atoms with Gasteiger partial charge in [-0.25, -0.2) is 23.5 Å². The van der Waals surface area contributed by atoms with Crippen LogP contribution in [0.25, 0.3) is 39.1 Å². The normalized spacial score (nSPS) is 19.0. The molecule has 0 radical (unpaired) electrons. The average Bonchev–Trinajstić information content (AvgIpc) is 3.63. The first kappa shape index (κ1) is 40.7. The molecule has 17 heteroatoms. The number of benzene rings is 3. The Morgan fingerprint density at radius 1 is 0.877 bits per heavy atom. The van der Waals surface area contributed by atoms with Gasteiger partial charge in [0.2, 0.25) is 0 Å². The van der Waals surface area contributed by atoms with Crippen molar-refractivity contribution in [3.8, 4) is 17.2 Å². The van der Waals surface area contributed by atoms with Crippen LogP contribution in [0.2, 0.25) is 0 Å². The molecule has 1 amide bonds. The van der Waals surface area contributed by atoms with Gasteiger partial charge in [0.1, 0.15) is 22.9 Å². The number of aromatic amines is 1. The number of amides is 1. The largest absolute Gasteiger partial charge is 0.438 e. The van der Waals surface area contributed by atoms with Crippen molar-refractivity contribution in [2.24, 2.45) is 14.1 Å². The first-order chi connectivity index (χ1) is 31.0. The molecule has 1 saturated carbocycles. The summed E-state index contributed by atoms with van der Waals surface area (Å²) in [4.78, 5) is 59.9. The van der Waals surface area contributed by atoms with Crippen LogP contribution in [0, 0.1) is 19.7 Å². The van der Waals surface area contributed by atoms with Crippen LogP contribution < -0.4 is 17.1 Å². The van der Waals surface area contributed by atoms with Crippen molar-refractivity contribution in [1.29, 1.82) is 0 Å². The number of ether oxygens (including phenoxy) is 1. The standard InChI is InChI=1S/C48H49FN10O6/c1-26-20-33(21-27(2)40(26)49)59-41(57-18-17-56(46(57)63)32-9-11-36-37(24-32)54(7)45(62)53(36)6)39-28(3)55(16-12-34(39)51-59)42(60)38-23-31-22-29(30-13-19-64-47(4,5)25-30)8-10-35(31)58(38)48(14-15-48)43-50-44(61)65-52-43/h8-11,17-18,20-24,28,30H,12-16,19,25H2,1-7H3,(H,50,52,61)/t28-,30-/m0/s1. The van der Waals surface area contributed by atoms with Gasteiger partial charge in [0.05, 0.1) is 39.7 Å². The minimum atomic E-state index is -0.801. The number of nitrogens with one attached hydrogen (secondary N) is 1. The summed E-state index contributed by atoms with van der Waals surface area (Å²) in [5, 5.41) is 10.1. The van der Waals surface area contributed by atoms with Gasteiger partial charge >= 0.3 is 17.1 Å². The van der Waals surface area contributed by atoms with Crippen LogP contribution >= 0.6 is 0 Å². The van der Waals surface area contributed by atoms with Gasteiger partial charge in [0.25, 0.3) is 5.91 Å². The third kappa shape index (κ3) is 6.18. The molecule has 8 aromatic rings. The number of carbonyl (C=O) groups is 1. The molecule has 7 heterocycles. The minimum Gasteiger partial charge on any atom is -0.376 e. The maximum atomic E-state index is 15.5. The summed E-state index contributed by atoms with van der Waals surface area (Å²) >= 11 is 0. The molecule has 1 saturated heterocycles. The lowest BCUT2D eigenvalue weighted by Gasteiger charge is -2.35. The van der Waals surface area contributed by atoms with E-state index in [2.05, 4.69) is 42.2 Å². The zero-order valence-corrected chi connectivity index (χ0v) is 37.3. The molecule has 2 aliphatic heterocycles. The topological polar surface area (TPSA) is 165 Å². The second-order valence-electron chi connectivity index (χ2n) is 18.8. The zero-order chi connectivity index (χ0) is 45.4. The highest BCUT2D eigenvalue weighted by molar-refractivity contribution is 6.00. The molecule has 16 nitrogen and oxygen atoms in total. The summed E-state index contributed by atoms with van der Waals surface area (Å²) in [7, 11) is 3.40. The lowest BCUT2D eigenvalue weighted by Crippen LogP contribution is -2.41. The van der Waals surface area contributed by atoms with Gasteiger partial charge in [0.15, 0.2) is 5.82 Å². The van der Waals surface area contributed by atoms with Gasteiger partial charge in [0, 0.05) is 62.5 Å². The van der Waals surface area contributed by atoms with Crippen molar-refractivity contribution in [1.82, 2.24) is 47.7 Å². The molecular weight excluding hydrogens is 832 g/mol. The highest BCUT2D eigenvalue weighted by Gasteiger charge is 2.52.